The Morgan fingerprint density at radius 1 is 1.07 bits per heavy atom. The Morgan fingerprint density at radius 3 is 2.60 bits per heavy atom. The minimum Gasteiger partial charge on any atom is -0.484 e. The average molecular weight is 444 g/mol. The highest BCUT2D eigenvalue weighted by atomic mass is 35.5. The van der Waals surface area contributed by atoms with E-state index in [-0.39, 0.29) is 30.1 Å². The largest absolute Gasteiger partial charge is 0.484 e. The van der Waals surface area contributed by atoms with Gasteiger partial charge in [-0.25, -0.2) is 8.42 Å². The molecule has 1 atom stereocenters. The van der Waals surface area contributed by atoms with Crippen molar-refractivity contribution in [1.82, 2.24) is 4.90 Å². The van der Waals surface area contributed by atoms with Crippen molar-refractivity contribution < 1.29 is 17.9 Å². The van der Waals surface area contributed by atoms with Gasteiger partial charge in [0.25, 0.3) is 5.91 Å². The molecule has 0 N–H and O–H groups in total. The summed E-state index contributed by atoms with van der Waals surface area (Å²) in [6.45, 7) is 0.154. The minimum absolute atomic E-state index is 0.0132. The fraction of sp³-hybridized carbons (Fsp3) is 0.261. The number of carbonyl (C=O) groups excluding carboxylic acids is 1. The third-order valence-electron chi connectivity index (χ3n) is 5.35. The van der Waals surface area contributed by atoms with Crippen LogP contribution in [-0.2, 0) is 21.2 Å². The summed E-state index contributed by atoms with van der Waals surface area (Å²) in [5.74, 6) is 0.345. The van der Waals surface area contributed by atoms with E-state index in [9.17, 15) is 13.2 Å². The number of sulfone groups is 1. The maximum atomic E-state index is 13.1. The van der Waals surface area contributed by atoms with Crippen LogP contribution in [0.1, 0.15) is 12.0 Å². The number of hydrogen-bond acceptors (Lipinski definition) is 4. The zero-order valence-corrected chi connectivity index (χ0v) is 17.9. The first-order valence-corrected chi connectivity index (χ1v) is 12.0. The van der Waals surface area contributed by atoms with Crippen molar-refractivity contribution in [2.24, 2.45) is 0 Å². The molecule has 1 aliphatic heterocycles. The molecule has 156 valence electrons. The number of hydrogen-bond donors (Lipinski definition) is 0. The number of benzene rings is 3. The van der Waals surface area contributed by atoms with E-state index >= 15 is 0 Å². The summed E-state index contributed by atoms with van der Waals surface area (Å²) in [6, 6.07) is 20.4. The first-order chi connectivity index (χ1) is 14.4. The van der Waals surface area contributed by atoms with Gasteiger partial charge in [-0.1, -0.05) is 60.1 Å². The van der Waals surface area contributed by atoms with E-state index in [1.165, 1.54) is 0 Å². The highest BCUT2D eigenvalue weighted by Gasteiger charge is 2.35. The zero-order chi connectivity index (χ0) is 21.1. The van der Waals surface area contributed by atoms with Gasteiger partial charge in [-0.3, -0.25) is 4.79 Å². The molecular weight excluding hydrogens is 422 g/mol. The van der Waals surface area contributed by atoms with Crippen LogP contribution >= 0.6 is 11.6 Å². The maximum absolute atomic E-state index is 13.1. The average Bonchev–Trinajstić information content (AvgIpc) is 3.09. The second-order valence-corrected chi connectivity index (χ2v) is 10.1. The fourth-order valence-corrected chi connectivity index (χ4v) is 5.75. The molecule has 1 aliphatic rings. The number of nitrogens with zero attached hydrogens (tertiary/aromatic N) is 1. The van der Waals surface area contributed by atoms with Crippen LogP contribution < -0.4 is 4.74 Å². The molecule has 0 saturated carbocycles. The summed E-state index contributed by atoms with van der Waals surface area (Å²) in [4.78, 5) is 14.8. The van der Waals surface area contributed by atoms with Gasteiger partial charge < -0.3 is 9.64 Å². The first kappa shape index (κ1) is 20.7. The first-order valence-electron chi connectivity index (χ1n) is 9.76. The van der Waals surface area contributed by atoms with E-state index < -0.39 is 9.84 Å². The van der Waals surface area contributed by atoms with Crippen LogP contribution in [0.3, 0.4) is 0 Å². The van der Waals surface area contributed by atoms with Gasteiger partial charge in [-0.15, -0.1) is 0 Å². The van der Waals surface area contributed by atoms with E-state index in [0.717, 1.165) is 16.3 Å². The number of carbonyl (C=O) groups is 1. The summed E-state index contributed by atoms with van der Waals surface area (Å²) in [5, 5.41) is 2.65. The Labute approximate surface area is 181 Å². The Bertz CT molecular complexity index is 1170. The second-order valence-electron chi connectivity index (χ2n) is 7.46. The van der Waals surface area contributed by atoms with Gasteiger partial charge in [0.2, 0.25) is 0 Å². The van der Waals surface area contributed by atoms with Gasteiger partial charge in [-0.2, -0.15) is 0 Å². The predicted molar refractivity (Wildman–Crippen MR) is 119 cm³/mol. The SMILES string of the molecule is O=C(COc1cccc(Cl)c1)N(Cc1cccc2ccccc12)C1CCS(=O)(=O)C1. The number of rotatable bonds is 6. The molecule has 0 radical (unpaired) electrons. The number of halogens is 1. The molecule has 1 heterocycles. The molecule has 3 aromatic carbocycles. The molecule has 5 nitrogen and oxygen atoms in total. The lowest BCUT2D eigenvalue weighted by atomic mass is 10.0. The Hall–Kier alpha value is -2.57. The van der Waals surface area contributed by atoms with Crippen molar-refractivity contribution in [3.8, 4) is 5.75 Å². The van der Waals surface area contributed by atoms with Crippen LogP contribution in [0.2, 0.25) is 5.02 Å². The topological polar surface area (TPSA) is 63.7 Å². The normalized spacial score (nSPS) is 17.7. The Balaban J connectivity index is 1.58. The maximum Gasteiger partial charge on any atom is 0.261 e. The van der Waals surface area contributed by atoms with Crippen molar-refractivity contribution in [2.75, 3.05) is 18.1 Å². The molecule has 0 aromatic heterocycles. The molecule has 1 saturated heterocycles. The van der Waals surface area contributed by atoms with Crippen molar-refractivity contribution in [1.29, 1.82) is 0 Å². The number of ether oxygens (including phenoxy) is 1. The summed E-state index contributed by atoms with van der Waals surface area (Å²) >= 11 is 5.98. The molecule has 4 rings (SSSR count). The smallest absolute Gasteiger partial charge is 0.261 e. The van der Waals surface area contributed by atoms with Gasteiger partial charge in [0, 0.05) is 17.6 Å². The monoisotopic (exact) mass is 443 g/mol. The summed E-state index contributed by atoms with van der Waals surface area (Å²) in [5.41, 5.74) is 0.980. The molecule has 1 unspecified atom stereocenters. The molecule has 0 aliphatic carbocycles. The van der Waals surface area contributed by atoms with Crippen LogP contribution in [0.4, 0.5) is 0 Å². The van der Waals surface area contributed by atoms with Crippen LogP contribution in [-0.4, -0.2) is 43.4 Å². The molecule has 0 bridgehead atoms. The highest BCUT2D eigenvalue weighted by molar-refractivity contribution is 7.91. The zero-order valence-electron chi connectivity index (χ0n) is 16.3. The van der Waals surface area contributed by atoms with E-state index in [2.05, 4.69) is 0 Å². The van der Waals surface area contributed by atoms with Crippen molar-refractivity contribution in [3.63, 3.8) is 0 Å². The number of fused-ring (bicyclic) bond motifs is 1. The standard InChI is InChI=1S/C23H22ClNO4S/c24-19-8-4-9-21(13-19)29-15-23(26)25(20-11-12-30(27,28)16-20)14-18-7-3-6-17-5-1-2-10-22(17)18/h1-10,13,20H,11-12,14-16H2. The van der Waals surface area contributed by atoms with Gasteiger partial charge in [0.05, 0.1) is 11.5 Å². The lowest BCUT2D eigenvalue weighted by molar-refractivity contribution is -0.135. The lowest BCUT2D eigenvalue weighted by Gasteiger charge is -2.29. The molecule has 1 fully saturated rings. The molecule has 0 spiro atoms. The van der Waals surface area contributed by atoms with Crippen molar-refractivity contribution in [2.45, 2.75) is 19.0 Å². The van der Waals surface area contributed by atoms with Gasteiger partial charge in [-0.05, 0) is 41.0 Å². The van der Waals surface area contributed by atoms with Crippen LogP contribution in [0.15, 0.2) is 66.7 Å². The molecule has 1 amide bonds. The molecule has 7 heteroatoms. The van der Waals surface area contributed by atoms with Gasteiger partial charge in [0.15, 0.2) is 16.4 Å². The lowest BCUT2D eigenvalue weighted by Crippen LogP contribution is -2.43. The van der Waals surface area contributed by atoms with Gasteiger partial charge >= 0.3 is 0 Å². The molecular formula is C23H22ClNO4S. The van der Waals surface area contributed by atoms with E-state index in [4.69, 9.17) is 16.3 Å². The van der Waals surface area contributed by atoms with E-state index in [1.807, 2.05) is 42.5 Å². The minimum atomic E-state index is -3.13. The van der Waals surface area contributed by atoms with E-state index in [1.54, 1.807) is 29.2 Å². The molecule has 3 aromatic rings. The Morgan fingerprint density at radius 2 is 1.83 bits per heavy atom. The van der Waals surface area contributed by atoms with Gasteiger partial charge in [0.1, 0.15) is 5.75 Å². The summed E-state index contributed by atoms with van der Waals surface area (Å²) in [7, 11) is -3.13. The quantitative estimate of drug-likeness (QED) is 0.575. The third kappa shape index (κ3) is 4.77. The molecule has 30 heavy (non-hydrogen) atoms. The number of amides is 1. The van der Waals surface area contributed by atoms with E-state index in [0.29, 0.717) is 23.7 Å². The fourth-order valence-electron chi connectivity index (χ4n) is 3.84. The van der Waals surface area contributed by atoms with Crippen molar-refractivity contribution >= 4 is 38.1 Å². The third-order valence-corrected chi connectivity index (χ3v) is 7.33. The predicted octanol–water partition coefficient (Wildman–Crippen LogP) is 4.09. The van der Waals surface area contributed by atoms with Crippen molar-refractivity contribution in [3.05, 3.63) is 77.3 Å². The summed E-state index contributed by atoms with van der Waals surface area (Å²) in [6.07, 6.45) is 0.440. The van der Waals surface area contributed by atoms with Crippen LogP contribution in [0.5, 0.6) is 5.75 Å². The van der Waals surface area contributed by atoms with Crippen LogP contribution in [0.25, 0.3) is 10.8 Å². The summed E-state index contributed by atoms with van der Waals surface area (Å²) < 4.78 is 29.8. The van der Waals surface area contributed by atoms with Crippen LogP contribution in [0, 0.1) is 0 Å². The Kier molecular flexibility index (Phi) is 5.97. The highest BCUT2D eigenvalue weighted by Crippen LogP contribution is 2.25. The second kappa shape index (κ2) is 8.66.